The Balaban J connectivity index is 2.26. The van der Waals surface area contributed by atoms with Gasteiger partial charge in [-0.15, -0.1) is 0 Å². The number of para-hydroxylation sites is 1. The Morgan fingerprint density at radius 3 is 2.35 bits per heavy atom. The molecule has 1 heterocycles. The molecule has 2 atom stereocenters. The van der Waals surface area contributed by atoms with Crippen LogP contribution in [-0.4, -0.2) is 37.1 Å². The van der Waals surface area contributed by atoms with Crippen molar-refractivity contribution in [2.45, 2.75) is 32.9 Å². The standard InChI is InChI=1S/C14H23N3/c1-10-6-5-7-13(14(10)15)17-8-11(2)16(4)12(3)9-17/h5-7,11-12H,8-9,15H2,1-4H3. The van der Waals surface area contributed by atoms with Gasteiger partial charge < -0.3 is 10.6 Å². The van der Waals surface area contributed by atoms with Crippen LogP contribution in [0.15, 0.2) is 18.2 Å². The van der Waals surface area contributed by atoms with Crippen LogP contribution in [0.1, 0.15) is 19.4 Å². The highest BCUT2D eigenvalue weighted by atomic mass is 15.3. The molecule has 3 heteroatoms. The zero-order valence-electron chi connectivity index (χ0n) is 11.3. The van der Waals surface area contributed by atoms with E-state index >= 15 is 0 Å². The van der Waals surface area contributed by atoms with Crippen molar-refractivity contribution in [1.82, 2.24) is 4.90 Å². The summed E-state index contributed by atoms with van der Waals surface area (Å²) in [6.45, 7) is 8.72. The summed E-state index contributed by atoms with van der Waals surface area (Å²) in [5.41, 5.74) is 9.47. The first-order valence-electron chi connectivity index (χ1n) is 6.32. The van der Waals surface area contributed by atoms with Gasteiger partial charge in [0.25, 0.3) is 0 Å². The Labute approximate surface area is 104 Å². The Hall–Kier alpha value is -1.22. The number of nitrogen functional groups attached to an aromatic ring is 1. The van der Waals surface area contributed by atoms with Gasteiger partial charge in [-0.2, -0.15) is 0 Å². The van der Waals surface area contributed by atoms with Crippen LogP contribution in [0.4, 0.5) is 11.4 Å². The van der Waals surface area contributed by atoms with Crippen molar-refractivity contribution < 1.29 is 0 Å². The highest BCUT2D eigenvalue weighted by Gasteiger charge is 2.27. The Morgan fingerprint density at radius 2 is 1.76 bits per heavy atom. The SMILES string of the molecule is Cc1cccc(N2CC(C)N(C)C(C)C2)c1N. The molecule has 1 aliphatic heterocycles. The highest BCUT2D eigenvalue weighted by Crippen LogP contribution is 2.29. The predicted molar refractivity (Wildman–Crippen MR) is 74.5 cm³/mol. The van der Waals surface area contributed by atoms with Gasteiger partial charge in [0.1, 0.15) is 0 Å². The van der Waals surface area contributed by atoms with E-state index in [1.807, 2.05) is 0 Å². The molecule has 0 aromatic heterocycles. The summed E-state index contributed by atoms with van der Waals surface area (Å²) in [6.07, 6.45) is 0. The second-order valence-corrected chi connectivity index (χ2v) is 5.28. The molecule has 0 aliphatic carbocycles. The molecular weight excluding hydrogens is 210 g/mol. The maximum absolute atomic E-state index is 6.18. The summed E-state index contributed by atoms with van der Waals surface area (Å²) in [6, 6.07) is 7.43. The van der Waals surface area contributed by atoms with Gasteiger partial charge in [-0.05, 0) is 39.4 Å². The molecule has 1 aliphatic rings. The van der Waals surface area contributed by atoms with Crippen molar-refractivity contribution in [1.29, 1.82) is 0 Å². The zero-order chi connectivity index (χ0) is 12.6. The minimum Gasteiger partial charge on any atom is -0.397 e. The molecule has 0 amide bonds. The van der Waals surface area contributed by atoms with Gasteiger partial charge in [0.05, 0.1) is 11.4 Å². The smallest absolute Gasteiger partial charge is 0.0603 e. The molecule has 1 fully saturated rings. The number of piperazine rings is 1. The third-order valence-corrected chi connectivity index (χ3v) is 4.00. The summed E-state index contributed by atoms with van der Waals surface area (Å²) in [7, 11) is 2.20. The van der Waals surface area contributed by atoms with Crippen molar-refractivity contribution in [2.24, 2.45) is 0 Å². The average Bonchev–Trinajstić information content (AvgIpc) is 2.29. The Bertz CT molecular complexity index is 390. The number of anilines is 2. The molecular formula is C14H23N3. The predicted octanol–water partition coefficient (Wildman–Crippen LogP) is 2.11. The van der Waals surface area contributed by atoms with Gasteiger partial charge in [0, 0.05) is 25.2 Å². The van der Waals surface area contributed by atoms with Crippen LogP contribution in [-0.2, 0) is 0 Å². The molecule has 3 nitrogen and oxygen atoms in total. The van der Waals surface area contributed by atoms with Gasteiger partial charge in [-0.3, -0.25) is 4.90 Å². The van der Waals surface area contributed by atoms with Crippen LogP contribution in [0.3, 0.4) is 0 Å². The van der Waals surface area contributed by atoms with Gasteiger partial charge in [-0.25, -0.2) is 0 Å². The molecule has 1 aromatic rings. The monoisotopic (exact) mass is 233 g/mol. The lowest BCUT2D eigenvalue weighted by atomic mass is 10.1. The number of hydrogen-bond donors (Lipinski definition) is 1. The van der Waals surface area contributed by atoms with Gasteiger partial charge >= 0.3 is 0 Å². The zero-order valence-corrected chi connectivity index (χ0v) is 11.3. The van der Waals surface area contributed by atoms with Crippen LogP contribution in [0.25, 0.3) is 0 Å². The number of rotatable bonds is 1. The molecule has 2 unspecified atom stereocenters. The number of nitrogens with two attached hydrogens (primary N) is 1. The quantitative estimate of drug-likeness (QED) is 0.754. The van der Waals surface area contributed by atoms with E-state index in [1.165, 1.54) is 11.3 Å². The fourth-order valence-electron chi connectivity index (χ4n) is 2.54. The highest BCUT2D eigenvalue weighted by molar-refractivity contribution is 5.71. The van der Waals surface area contributed by atoms with E-state index in [4.69, 9.17) is 5.73 Å². The summed E-state index contributed by atoms with van der Waals surface area (Å²) in [5, 5.41) is 0. The van der Waals surface area contributed by atoms with Crippen LogP contribution >= 0.6 is 0 Å². The first kappa shape index (κ1) is 12.2. The second-order valence-electron chi connectivity index (χ2n) is 5.28. The lowest BCUT2D eigenvalue weighted by Gasteiger charge is -2.44. The fourth-order valence-corrected chi connectivity index (χ4v) is 2.54. The molecule has 0 saturated carbocycles. The van der Waals surface area contributed by atoms with E-state index in [0.29, 0.717) is 12.1 Å². The summed E-state index contributed by atoms with van der Waals surface area (Å²) in [5.74, 6) is 0. The average molecular weight is 233 g/mol. The number of nitrogens with zero attached hydrogens (tertiary/aromatic N) is 2. The van der Waals surface area contributed by atoms with E-state index in [0.717, 1.165) is 18.8 Å². The van der Waals surface area contributed by atoms with Crippen LogP contribution in [0.5, 0.6) is 0 Å². The van der Waals surface area contributed by atoms with Gasteiger partial charge in [-0.1, -0.05) is 12.1 Å². The van der Waals surface area contributed by atoms with E-state index in [9.17, 15) is 0 Å². The third-order valence-electron chi connectivity index (χ3n) is 4.00. The van der Waals surface area contributed by atoms with E-state index in [-0.39, 0.29) is 0 Å². The maximum atomic E-state index is 6.18. The molecule has 2 N–H and O–H groups in total. The van der Waals surface area contributed by atoms with Crippen molar-refractivity contribution >= 4 is 11.4 Å². The summed E-state index contributed by atoms with van der Waals surface area (Å²) in [4.78, 5) is 4.85. The van der Waals surface area contributed by atoms with E-state index < -0.39 is 0 Å². The van der Waals surface area contributed by atoms with Crippen LogP contribution < -0.4 is 10.6 Å². The lowest BCUT2D eigenvalue weighted by Crippen LogP contribution is -2.55. The normalized spacial score (nSPS) is 26.2. The van der Waals surface area contributed by atoms with E-state index in [1.54, 1.807) is 0 Å². The van der Waals surface area contributed by atoms with Crippen molar-refractivity contribution in [3.8, 4) is 0 Å². The first-order valence-corrected chi connectivity index (χ1v) is 6.32. The number of aryl methyl sites for hydroxylation is 1. The van der Waals surface area contributed by atoms with Gasteiger partial charge in [0.15, 0.2) is 0 Å². The Morgan fingerprint density at radius 1 is 1.18 bits per heavy atom. The fraction of sp³-hybridized carbons (Fsp3) is 0.571. The second kappa shape index (κ2) is 4.57. The molecule has 1 saturated heterocycles. The molecule has 94 valence electrons. The third kappa shape index (κ3) is 2.25. The minimum atomic E-state index is 0.568. The molecule has 2 rings (SSSR count). The molecule has 17 heavy (non-hydrogen) atoms. The van der Waals surface area contributed by atoms with Crippen molar-refractivity contribution in [3.63, 3.8) is 0 Å². The van der Waals surface area contributed by atoms with Crippen molar-refractivity contribution in [2.75, 3.05) is 30.8 Å². The van der Waals surface area contributed by atoms with Crippen molar-refractivity contribution in [3.05, 3.63) is 23.8 Å². The number of hydrogen-bond acceptors (Lipinski definition) is 3. The first-order chi connectivity index (χ1) is 8.00. The Kier molecular flexibility index (Phi) is 3.29. The topological polar surface area (TPSA) is 32.5 Å². The molecule has 0 spiro atoms. The maximum Gasteiger partial charge on any atom is 0.0603 e. The van der Waals surface area contributed by atoms with E-state index in [2.05, 4.69) is 55.8 Å². The summed E-state index contributed by atoms with van der Waals surface area (Å²) >= 11 is 0. The van der Waals surface area contributed by atoms with Crippen LogP contribution in [0, 0.1) is 6.92 Å². The minimum absolute atomic E-state index is 0.568. The van der Waals surface area contributed by atoms with Gasteiger partial charge in [0.2, 0.25) is 0 Å². The molecule has 1 aromatic carbocycles. The molecule has 0 radical (unpaired) electrons. The summed E-state index contributed by atoms with van der Waals surface area (Å²) < 4.78 is 0. The molecule has 0 bridgehead atoms. The number of benzene rings is 1. The number of likely N-dealkylation sites (N-methyl/N-ethyl adjacent to an activating group) is 1. The lowest BCUT2D eigenvalue weighted by molar-refractivity contribution is 0.170. The largest absolute Gasteiger partial charge is 0.397 e. The van der Waals surface area contributed by atoms with Crippen LogP contribution in [0.2, 0.25) is 0 Å².